The SMILES string of the molecule is OC(CSc1ncc(Br)cn1)c1ccccc1. The molecule has 0 aliphatic carbocycles. The van der Waals surface area contributed by atoms with E-state index in [1.165, 1.54) is 11.8 Å². The zero-order chi connectivity index (χ0) is 12.1. The zero-order valence-electron chi connectivity index (χ0n) is 8.95. The largest absolute Gasteiger partial charge is 0.388 e. The Bertz CT molecular complexity index is 464. The van der Waals surface area contributed by atoms with E-state index in [0.717, 1.165) is 10.0 Å². The highest BCUT2D eigenvalue weighted by atomic mass is 79.9. The van der Waals surface area contributed by atoms with Crippen LogP contribution in [0.2, 0.25) is 0 Å². The molecule has 0 bridgehead atoms. The lowest BCUT2D eigenvalue weighted by Gasteiger charge is -2.09. The van der Waals surface area contributed by atoms with Crippen molar-refractivity contribution in [1.82, 2.24) is 9.97 Å². The first-order chi connectivity index (χ1) is 8.25. The van der Waals surface area contributed by atoms with Crippen LogP contribution in [0.1, 0.15) is 11.7 Å². The number of aliphatic hydroxyl groups is 1. The molecule has 0 amide bonds. The quantitative estimate of drug-likeness (QED) is 0.696. The van der Waals surface area contributed by atoms with Gasteiger partial charge in [0.25, 0.3) is 0 Å². The summed E-state index contributed by atoms with van der Waals surface area (Å²) >= 11 is 4.72. The topological polar surface area (TPSA) is 46.0 Å². The summed E-state index contributed by atoms with van der Waals surface area (Å²) in [4.78, 5) is 8.28. The van der Waals surface area contributed by atoms with Crippen molar-refractivity contribution in [3.63, 3.8) is 0 Å². The van der Waals surface area contributed by atoms with Gasteiger partial charge in [-0.2, -0.15) is 0 Å². The molecule has 0 saturated heterocycles. The van der Waals surface area contributed by atoms with Crippen molar-refractivity contribution in [2.75, 3.05) is 5.75 Å². The van der Waals surface area contributed by atoms with Crippen molar-refractivity contribution in [2.45, 2.75) is 11.3 Å². The number of halogens is 1. The second-order valence-corrected chi connectivity index (χ2v) is 5.32. The first-order valence-electron chi connectivity index (χ1n) is 5.09. The number of benzene rings is 1. The number of thioether (sulfide) groups is 1. The molecule has 1 heterocycles. The van der Waals surface area contributed by atoms with Crippen LogP contribution < -0.4 is 0 Å². The molecule has 88 valence electrons. The molecule has 0 fully saturated rings. The molecule has 0 radical (unpaired) electrons. The van der Waals surface area contributed by atoms with Gasteiger partial charge in [-0.15, -0.1) is 0 Å². The standard InChI is InChI=1S/C12H11BrN2OS/c13-10-6-14-12(15-7-10)17-8-11(16)9-4-2-1-3-5-9/h1-7,11,16H,8H2. The molecule has 0 spiro atoms. The fourth-order valence-corrected chi connectivity index (χ4v) is 2.26. The van der Waals surface area contributed by atoms with Crippen LogP contribution in [0.25, 0.3) is 0 Å². The predicted molar refractivity (Wildman–Crippen MR) is 71.9 cm³/mol. The summed E-state index contributed by atoms with van der Waals surface area (Å²) in [5.74, 6) is 0.547. The monoisotopic (exact) mass is 310 g/mol. The van der Waals surface area contributed by atoms with Crippen molar-refractivity contribution in [3.05, 3.63) is 52.8 Å². The molecule has 1 unspecified atom stereocenters. The van der Waals surface area contributed by atoms with Gasteiger partial charge in [-0.05, 0) is 21.5 Å². The second kappa shape index (κ2) is 6.14. The first kappa shape index (κ1) is 12.5. The van der Waals surface area contributed by atoms with Crippen LogP contribution in [-0.4, -0.2) is 20.8 Å². The molecule has 1 aromatic heterocycles. The molecule has 0 aliphatic rings. The fourth-order valence-electron chi connectivity index (χ4n) is 1.30. The third kappa shape index (κ3) is 3.80. The van der Waals surface area contributed by atoms with E-state index < -0.39 is 6.10 Å². The van der Waals surface area contributed by atoms with Crippen LogP contribution in [-0.2, 0) is 0 Å². The van der Waals surface area contributed by atoms with E-state index in [1.807, 2.05) is 30.3 Å². The van der Waals surface area contributed by atoms with Gasteiger partial charge >= 0.3 is 0 Å². The highest BCUT2D eigenvalue weighted by molar-refractivity contribution is 9.10. The Morgan fingerprint density at radius 3 is 2.47 bits per heavy atom. The molecule has 0 aliphatic heterocycles. The van der Waals surface area contributed by atoms with E-state index in [9.17, 15) is 5.11 Å². The molecule has 2 rings (SSSR count). The lowest BCUT2D eigenvalue weighted by molar-refractivity contribution is 0.204. The lowest BCUT2D eigenvalue weighted by atomic mass is 10.1. The number of rotatable bonds is 4. The van der Waals surface area contributed by atoms with E-state index in [4.69, 9.17) is 0 Å². The average molecular weight is 311 g/mol. The summed E-state index contributed by atoms with van der Waals surface area (Å²) in [7, 11) is 0. The summed E-state index contributed by atoms with van der Waals surface area (Å²) in [5.41, 5.74) is 0.914. The normalized spacial score (nSPS) is 12.4. The number of hydrogen-bond acceptors (Lipinski definition) is 4. The van der Waals surface area contributed by atoms with Crippen molar-refractivity contribution in [1.29, 1.82) is 0 Å². The predicted octanol–water partition coefficient (Wildman–Crippen LogP) is 3.06. The number of nitrogens with zero attached hydrogens (tertiary/aromatic N) is 2. The maximum absolute atomic E-state index is 9.95. The number of aliphatic hydroxyl groups excluding tert-OH is 1. The molecule has 5 heteroatoms. The van der Waals surface area contributed by atoms with Gasteiger partial charge in [0.15, 0.2) is 5.16 Å². The Morgan fingerprint density at radius 2 is 1.82 bits per heavy atom. The van der Waals surface area contributed by atoms with Gasteiger partial charge in [0, 0.05) is 18.1 Å². The minimum atomic E-state index is -0.492. The van der Waals surface area contributed by atoms with E-state index in [2.05, 4.69) is 25.9 Å². The van der Waals surface area contributed by atoms with Crippen molar-refractivity contribution < 1.29 is 5.11 Å². The third-order valence-electron chi connectivity index (χ3n) is 2.15. The summed E-state index contributed by atoms with van der Waals surface area (Å²) in [6.07, 6.45) is 2.91. The smallest absolute Gasteiger partial charge is 0.187 e. The van der Waals surface area contributed by atoms with Gasteiger partial charge in [0.1, 0.15) is 0 Å². The minimum Gasteiger partial charge on any atom is -0.388 e. The van der Waals surface area contributed by atoms with E-state index in [0.29, 0.717) is 10.9 Å². The van der Waals surface area contributed by atoms with Gasteiger partial charge in [-0.1, -0.05) is 42.1 Å². The van der Waals surface area contributed by atoms with Crippen LogP contribution in [0, 0.1) is 0 Å². The molecule has 1 atom stereocenters. The van der Waals surface area contributed by atoms with Crippen LogP contribution in [0.15, 0.2) is 52.4 Å². The van der Waals surface area contributed by atoms with E-state index >= 15 is 0 Å². The van der Waals surface area contributed by atoms with Gasteiger partial charge in [-0.25, -0.2) is 9.97 Å². The second-order valence-electron chi connectivity index (χ2n) is 3.42. The van der Waals surface area contributed by atoms with Gasteiger partial charge in [0.2, 0.25) is 0 Å². The molecular weight excluding hydrogens is 300 g/mol. The molecule has 2 aromatic rings. The van der Waals surface area contributed by atoms with Crippen LogP contribution in [0.4, 0.5) is 0 Å². The summed E-state index contributed by atoms with van der Waals surface area (Å²) < 4.78 is 0.852. The van der Waals surface area contributed by atoms with Crippen molar-refractivity contribution in [3.8, 4) is 0 Å². The Hall–Kier alpha value is -0.910. The van der Waals surface area contributed by atoms with E-state index in [-0.39, 0.29) is 0 Å². The fraction of sp³-hybridized carbons (Fsp3) is 0.167. The summed E-state index contributed by atoms with van der Waals surface area (Å²) in [6.45, 7) is 0. The maximum Gasteiger partial charge on any atom is 0.187 e. The van der Waals surface area contributed by atoms with Gasteiger partial charge in [-0.3, -0.25) is 0 Å². The summed E-state index contributed by atoms with van der Waals surface area (Å²) in [6, 6.07) is 9.58. The van der Waals surface area contributed by atoms with Crippen LogP contribution in [0.5, 0.6) is 0 Å². The number of aromatic nitrogens is 2. The molecule has 0 saturated carbocycles. The highest BCUT2D eigenvalue weighted by Crippen LogP contribution is 2.22. The van der Waals surface area contributed by atoms with Crippen molar-refractivity contribution in [2.24, 2.45) is 0 Å². The molecular formula is C12H11BrN2OS. The Balaban J connectivity index is 1.92. The lowest BCUT2D eigenvalue weighted by Crippen LogP contribution is -2.00. The number of hydrogen-bond donors (Lipinski definition) is 1. The maximum atomic E-state index is 9.95. The van der Waals surface area contributed by atoms with E-state index in [1.54, 1.807) is 12.4 Å². The first-order valence-corrected chi connectivity index (χ1v) is 6.87. The van der Waals surface area contributed by atoms with Crippen LogP contribution in [0.3, 0.4) is 0 Å². The third-order valence-corrected chi connectivity index (χ3v) is 3.51. The Labute approximate surface area is 112 Å². The zero-order valence-corrected chi connectivity index (χ0v) is 11.4. The molecule has 1 N–H and O–H groups in total. The van der Waals surface area contributed by atoms with Gasteiger partial charge in [0.05, 0.1) is 10.6 Å². The van der Waals surface area contributed by atoms with Gasteiger partial charge < -0.3 is 5.11 Å². The Morgan fingerprint density at radius 1 is 1.18 bits per heavy atom. The van der Waals surface area contributed by atoms with Crippen molar-refractivity contribution >= 4 is 27.7 Å². The minimum absolute atomic E-state index is 0.492. The molecule has 1 aromatic carbocycles. The molecule has 17 heavy (non-hydrogen) atoms. The molecule has 3 nitrogen and oxygen atoms in total. The Kier molecular flexibility index (Phi) is 4.53. The average Bonchev–Trinajstić information content (AvgIpc) is 2.39. The van der Waals surface area contributed by atoms with Crippen LogP contribution >= 0.6 is 27.7 Å². The highest BCUT2D eigenvalue weighted by Gasteiger charge is 2.08. The summed E-state index contributed by atoms with van der Waals surface area (Å²) in [5, 5.41) is 10.6.